The van der Waals surface area contributed by atoms with Crippen molar-refractivity contribution in [2.45, 2.75) is 19.4 Å². The minimum atomic E-state index is 0.577. The molecule has 3 nitrogen and oxygen atoms in total. The number of likely N-dealkylation sites (N-methyl/N-ethyl adjacent to an activating group) is 1. The molecular formula is C8H18N2O. The molecule has 0 radical (unpaired) electrons. The van der Waals surface area contributed by atoms with E-state index in [2.05, 4.69) is 31.0 Å². The van der Waals surface area contributed by atoms with E-state index in [0.29, 0.717) is 6.04 Å². The Labute approximate surface area is 68.9 Å². The fourth-order valence-corrected chi connectivity index (χ4v) is 1.10. The maximum atomic E-state index is 5.38. The van der Waals surface area contributed by atoms with E-state index in [9.17, 15) is 0 Å². The molecule has 0 spiro atoms. The van der Waals surface area contributed by atoms with Crippen molar-refractivity contribution in [1.29, 1.82) is 0 Å². The summed E-state index contributed by atoms with van der Waals surface area (Å²) in [5.41, 5.74) is 0. The van der Waals surface area contributed by atoms with Crippen LogP contribution in [0.15, 0.2) is 0 Å². The number of nitrogens with zero attached hydrogens (tertiary/aromatic N) is 2. The van der Waals surface area contributed by atoms with Crippen LogP contribution in [0.2, 0.25) is 0 Å². The molecule has 0 aromatic heterocycles. The van der Waals surface area contributed by atoms with Crippen molar-refractivity contribution in [3.05, 3.63) is 0 Å². The number of rotatable bonds is 3. The molecule has 1 unspecified atom stereocenters. The number of hydrogen-bond acceptors (Lipinski definition) is 3. The summed E-state index contributed by atoms with van der Waals surface area (Å²) in [4.78, 5) is 7.59. The highest BCUT2D eigenvalue weighted by Crippen LogP contribution is 2.06. The first-order chi connectivity index (χ1) is 5.20. The Bertz CT molecular complexity index is 111. The lowest BCUT2D eigenvalue weighted by molar-refractivity contribution is -0.118. The standard InChI is InChI=1S/C8H18N2O/c1-8(9(2)3)7-10-5-4-6-11-10/h8H,4-7H2,1-3H3. The molecule has 0 aliphatic carbocycles. The van der Waals surface area contributed by atoms with Gasteiger partial charge in [0.1, 0.15) is 0 Å². The van der Waals surface area contributed by atoms with Crippen molar-refractivity contribution in [3.8, 4) is 0 Å². The Balaban J connectivity index is 2.18. The Morgan fingerprint density at radius 2 is 2.27 bits per heavy atom. The summed E-state index contributed by atoms with van der Waals surface area (Å²) in [5.74, 6) is 0. The lowest BCUT2D eigenvalue weighted by Crippen LogP contribution is -2.36. The average Bonchev–Trinajstić information content (AvgIpc) is 2.39. The SMILES string of the molecule is CC(CN1CCCO1)N(C)C. The summed E-state index contributed by atoms with van der Waals surface area (Å²) in [6.07, 6.45) is 1.18. The van der Waals surface area contributed by atoms with Crippen molar-refractivity contribution in [2.24, 2.45) is 0 Å². The van der Waals surface area contributed by atoms with Gasteiger partial charge in [-0.25, -0.2) is 0 Å². The quantitative estimate of drug-likeness (QED) is 0.597. The van der Waals surface area contributed by atoms with Gasteiger partial charge in [-0.05, 0) is 27.4 Å². The Morgan fingerprint density at radius 1 is 1.55 bits per heavy atom. The molecule has 0 saturated carbocycles. The molecule has 1 fully saturated rings. The summed E-state index contributed by atoms with van der Waals surface area (Å²) in [5, 5.41) is 2.06. The third-order valence-corrected chi connectivity index (χ3v) is 2.18. The van der Waals surface area contributed by atoms with Crippen LogP contribution in [0.25, 0.3) is 0 Å². The van der Waals surface area contributed by atoms with Crippen LogP contribution in [0, 0.1) is 0 Å². The number of hydroxylamine groups is 2. The highest BCUT2D eigenvalue weighted by atomic mass is 16.7. The molecule has 66 valence electrons. The second-order valence-electron chi connectivity index (χ2n) is 3.39. The average molecular weight is 158 g/mol. The van der Waals surface area contributed by atoms with Crippen LogP contribution in [0.5, 0.6) is 0 Å². The van der Waals surface area contributed by atoms with Gasteiger partial charge in [0.25, 0.3) is 0 Å². The second kappa shape index (κ2) is 4.04. The predicted octanol–water partition coefficient (Wildman–Crippen LogP) is 0.574. The first-order valence-corrected chi connectivity index (χ1v) is 4.24. The van der Waals surface area contributed by atoms with Crippen molar-refractivity contribution >= 4 is 0 Å². The molecule has 0 bridgehead atoms. The molecule has 1 atom stereocenters. The van der Waals surface area contributed by atoms with Gasteiger partial charge in [0, 0.05) is 19.1 Å². The predicted molar refractivity (Wildman–Crippen MR) is 45.3 cm³/mol. The minimum absolute atomic E-state index is 0.577. The monoisotopic (exact) mass is 158 g/mol. The van der Waals surface area contributed by atoms with E-state index in [-0.39, 0.29) is 0 Å². The van der Waals surface area contributed by atoms with E-state index in [1.807, 2.05) is 0 Å². The zero-order valence-corrected chi connectivity index (χ0v) is 7.71. The first kappa shape index (κ1) is 8.97. The summed E-state index contributed by atoms with van der Waals surface area (Å²) >= 11 is 0. The van der Waals surface area contributed by atoms with Crippen molar-refractivity contribution in [2.75, 3.05) is 33.8 Å². The second-order valence-corrected chi connectivity index (χ2v) is 3.39. The van der Waals surface area contributed by atoms with Crippen LogP contribution in [-0.4, -0.2) is 49.8 Å². The van der Waals surface area contributed by atoms with E-state index in [1.54, 1.807) is 0 Å². The van der Waals surface area contributed by atoms with E-state index in [0.717, 1.165) is 19.7 Å². The summed E-state index contributed by atoms with van der Waals surface area (Å²) in [6, 6.07) is 0.577. The lowest BCUT2D eigenvalue weighted by atomic mass is 10.3. The molecule has 1 rings (SSSR count). The van der Waals surface area contributed by atoms with Gasteiger partial charge < -0.3 is 4.90 Å². The van der Waals surface area contributed by atoms with Gasteiger partial charge in [0.05, 0.1) is 6.61 Å². The van der Waals surface area contributed by atoms with Gasteiger partial charge >= 0.3 is 0 Å². The van der Waals surface area contributed by atoms with E-state index in [4.69, 9.17) is 4.84 Å². The molecule has 0 amide bonds. The van der Waals surface area contributed by atoms with E-state index in [1.165, 1.54) is 6.42 Å². The third-order valence-electron chi connectivity index (χ3n) is 2.18. The Morgan fingerprint density at radius 3 is 2.73 bits per heavy atom. The van der Waals surface area contributed by atoms with E-state index >= 15 is 0 Å². The molecule has 11 heavy (non-hydrogen) atoms. The molecule has 1 saturated heterocycles. The molecule has 1 aliphatic rings. The van der Waals surface area contributed by atoms with E-state index < -0.39 is 0 Å². The molecule has 3 heteroatoms. The van der Waals surface area contributed by atoms with Crippen LogP contribution >= 0.6 is 0 Å². The molecular weight excluding hydrogens is 140 g/mol. The van der Waals surface area contributed by atoms with Crippen molar-refractivity contribution < 1.29 is 4.84 Å². The maximum Gasteiger partial charge on any atom is 0.0698 e. The molecule has 1 aliphatic heterocycles. The van der Waals surface area contributed by atoms with Crippen LogP contribution in [0.3, 0.4) is 0 Å². The Kier molecular flexibility index (Phi) is 3.30. The van der Waals surface area contributed by atoms with Crippen LogP contribution in [-0.2, 0) is 4.84 Å². The molecule has 0 aromatic carbocycles. The highest BCUT2D eigenvalue weighted by molar-refractivity contribution is 4.64. The molecule has 0 aromatic rings. The summed E-state index contributed by atoms with van der Waals surface area (Å²) < 4.78 is 0. The van der Waals surface area contributed by atoms with Crippen LogP contribution in [0.1, 0.15) is 13.3 Å². The fourth-order valence-electron chi connectivity index (χ4n) is 1.10. The largest absolute Gasteiger partial charge is 0.305 e. The van der Waals surface area contributed by atoms with Gasteiger partial charge in [-0.1, -0.05) is 0 Å². The summed E-state index contributed by atoms with van der Waals surface area (Å²) in [6.45, 7) is 5.23. The lowest BCUT2D eigenvalue weighted by Gasteiger charge is -2.24. The van der Waals surface area contributed by atoms with Crippen LogP contribution in [0.4, 0.5) is 0 Å². The van der Waals surface area contributed by atoms with Gasteiger partial charge in [-0.15, -0.1) is 0 Å². The maximum absolute atomic E-state index is 5.38. The zero-order chi connectivity index (χ0) is 8.27. The topological polar surface area (TPSA) is 15.7 Å². The van der Waals surface area contributed by atoms with Crippen molar-refractivity contribution in [3.63, 3.8) is 0 Å². The molecule has 0 N–H and O–H groups in total. The number of hydrogen-bond donors (Lipinski definition) is 0. The highest BCUT2D eigenvalue weighted by Gasteiger charge is 2.16. The van der Waals surface area contributed by atoms with Gasteiger partial charge in [0.2, 0.25) is 0 Å². The first-order valence-electron chi connectivity index (χ1n) is 4.24. The minimum Gasteiger partial charge on any atom is -0.305 e. The van der Waals surface area contributed by atoms with Crippen molar-refractivity contribution in [1.82, 2.24) is 9.96 Å². The summed E-state index contributed by atoms with van der Waals surface area (Å²) in [7, 11) is 4.20. The van der Waals surface area contributed by atoms with Gasteiger partial charge in [-0.2, -0.15) is 5.06 Å². The smallest absolute Gasteiger partial charge is 0.0698 e. The van der Waals surface area contributed by atoms with Gasteiger partial charge in [0.15, 0.2) is 0 Å². The molecule has 1 heterocycles. The van der Waals surface area contributed by atoms with Crippen LogP contribution < -0.4 is 0 Å². The fraction of sp³-hybridized carbons (Fsp3) is 1.00. The normalized spacial score (nSPS) is 22.9. The Hall–Kier alpha value is -0.120. The zero-order valence-electron chi connectivity index (χ0n) is 7.71. The third kappa shape index (κ3) is 2.77. The van der Waals surface area contributed by atoms with Gasteiger partial charge in [-0.3, -0.25) is 4.84 Å².